The van der Waals surface area contributed by atoms with Crippen LogP contribution in [0.2, 0.25) is 0 Å². The summed E-state index contributed by atoms with van der Waals surface area (Å²) < 4.78 is 394. The maximum atomic E-state index is 16.1. The molecule has 0 aliphatic rings. The lowest BCUT2D eigenvalue weighted by Gasteiger charge is -2.19. The number of fused-ring (bicyclic) bond motifs is 4. The van der Waals surface area contributed by atoms with Gasteiger partial charge in [0, 0.05) is 0 Å². The van der Waals surface area contributed by atoms with Gasteiger partial charge in [-0.05, 0) is 0 Å². The van der Waals surface area contributed by atoms with Gasteiger partial charge >= 0.3 is 0 Å². The van der Waals surface area contributed by atoms with E-state index < -0.39 is 228 Å². The predicted molar refractivity (Wildman–Crippen MR) is 172 cm³/mol. The summed E-state index contributed by atoms with van der Waals surface area (Å²) in [7, 11) is 0. The molecule has 0 bridgehead atoms. The summed E-state index contributed by atoms with van der Waals surface area (Å²) in [6.07, 6.45) is 0. The van der Waals surface area contributed by atoms with Crippen LogP contribution in [0.1, 0.15) is 0 Å². The van der Waals surface area contributed by atoms with E-state index >= 15 is 70.2 Å². The zero-order chi connectivity index (χ0) is 49.1. The molecule has 0 radical (unpaired) electrons. The van der Waals surface area contributed by atoms with Crippen molar-refractivity contribution >= 4 is 43.1 Å². The molecule has 0 fully saturated rings. The van der Waals surface area contributed by atoms with Gasteiger partial charge in [-0.15, -0.1) is 0 Å². The summed E-state index contributed by atoms with van der Waals surface area (Å²) in [5, 5.41) is -20.9. The molecule has 0 spiro atoms. The number of hydrogen-bond donors (Lipinski definition) is 0. The molecule has 0 saturated carbocycles. The summed E-state index contributed by atoms with van der Waals surface area (Å²) >= 11 is 0. The van der Waals surface area contributed by atoms with E-state index in [-0.39, 0.29) is 0 Å². The summed E-state index contributed by atoms with van der Waals surface area (Å²) in [5.74, 6) is -81.0. The SMILES string of the molecule is Fc1c(F)c(F)c2c(F)c(-c3c(F)c(F)c4c(F)c(-c5c(F)c(F)c6c(F)c(-c7c(F)c(F)c8c(F)c(F)c(F)c(F)c8c7F)c(F)c(F)c6c5F)c(F)c(F)c4c3F)c(F)c(F)c2c1F. The van der Waals surface area contributed by atoms with E-state index in [2.05, 4.69) is 0 Å². The molecule has 342 valence electrons. The summed E-state index contributed by atoms with van der Waals surface area (Å²) in [5.41, 5.74) is -17.2. The Morgan fingerprint density at radius 2 is 0.182 bits per heavy atom. The van der Waals surface area contributed by atoms with E-state index in [0.717, 1.165) is 0 Å². The van der Waals surface area contributed by atoms with Crippen LogP contribution in [0.5, 0.6) is 0 Å². The van der Waals surface area contributed by atoms with Crippen molar-refractivity contribution in [2.75, 3.05) is 0 Å². The molecule has 66 heavy (non-hydrogen) atoms. The van der Waals surface area contributed by atoms with Gasteiger partial charge in [0.2, 0.25) is 0 Å². The van der Waals surface area contributed by atoms with Crippen LogP contribution in [0.15, 0.2) is 0 Å². The van der Waals surface area contributed by atoms with Crippen LogP contribution in [-0.2, 0) is 0 Å². The Labute approximate surface area is 342 Å². The predicted octanol–water partition coefficient (Wildman–Crippen LogP) is 14.9. The van der Waals surface area contributed by atoms with Gasteiger partial charge in [0.1, 0.15) is 34.9 Å². The number of hydrogen-bond acceptors (Lipinski definition) is 0. The van der Waals surface area contributed by atoms with Crippen LogP contribution in [0.4, 0.5) is 114 Å². The molecule has 0 aliphatic heterocycles. The maximum Gasteiger partial charge on any atom is 0.198 e. The average Bonchev–Trinajstić information content (AvgIpc) is 3.27. The molecule has 0 N–H and O–H groups in total. The van der Waals surface area contributed by atoms with Gasteiger partial charge in [0.25, 0.3) is 0 Å². The highest BCUT2D eigenvalue weighted by Crippen LogP contribution is 2.49. The van der Waals surface area contributed by atoms with Crippen molar-refractivity contribution in [1.29, 1.82) is 0 Å². The van der Waals surface area contributed by atoms with Gasteiger partial charge in [-0.3, -0.25) is 0 Å². The van der Waals surface area contributed by atoms with E-state index in [1.165, 1.54) is 0 Å². The quantitative estimate of drug-likeness (QED) is 0.0940. The van der Waals surface area contributed by atoms with Gasteiger partial charge in [-0.25, -0.2) is 114 Å². The smallest absolute Gasteiger partial charge is 0.198 e. The molecule has 0 nitrogen and oxygen atoms in total. The first-order chi connectivity index (χ1) is 30.7. The maximum absolute atomic E-state index is 16.1. The fourth-order valence-electron chi connectivity index (χ4n) is 7.31. The van der Waals surface area contributed by atoms with Crippen molar-refractivity contribution in [3.8, 4) is 33.4 Å². The van der Waals surface area contributed by atoms with E-state index in [9.17, 15) is 43.9 Å². The standard InChI is InChI=1S/C40F26/c41-15-1(21(47)23(49)5-3(15)25(51)27(53)7(17(5)43)9-19(45)11-13(31(57)29(9)55)35(61)39(65)37(63)33(11)59)2-16(42)4-6(24(50)22(2)48)18(44)8(28(54)26(4)52)10-20(46)12-14(32(58)30(10)56)36(62)40(66)38(64)34(12)60. The van der Waals surface area contributed by atoms with Crippen molar-refractivity contribution in [2.24, 2.45) is 0 Å². The zero-order valence-electron chi connectivity index (χ0n) is 29.8. The first-order valence-corrected chi connectivity index (χ1v) is 16.7. The molecule has 0 unspecified atom stereocenters. The molecule has 0 atom stereocenters. The minimum atomic E-state index is -3.35. The fourth-order valence-corrected chi connectivity index (χ4v) is 7.31. The van der Waals surface area contributed by atoms with Gasteiger partial charge in [-0.2, -0.15) is 0 Å². The van der Waals surface area contributed by atoms with Crippen molar-refractivity contribution in [3.05, 3.63) is 151 Å². The lowest BCUT2D eigenvalue weighted by Crippen LogP contribution is -2.12. The monoisotopic (exact) mass is 974 g/mol. The van der Waals surface area contributed by atoms with E-state index in [1.807, 2.05) is 0 Å². The highest BCUT2D eigenvalue weighted by Gasteiger charge is 2.41. The van der Waals surface area contributed by atoms with Crippen LogP contribution < -0.4 is 0 Å². The van der Waals surface area contributed by atoms with Crippen LogP contribution in [0.25, 0.3) is 76.5 Å². The summed E-state index contributed by atoms with van der Waals surface area (Å²) in [6.45, 7) is 0. The Morgan fingerprint density at radius 1 is 0.0909 bits per heavy atom. The lowest BCUT2D eigenvalue weighted by atomic mass is 9.90. The molecular formula is C40F26. The van der Waals surface area contributed by atoms with Crippen molar-refractivity contribution in [1.82, 2.24) is 0 Å². The third kappa shape index (κ3) is 5.45. The molecule has 26 heteroatoms. The van der Waals surface area contributed by atoms with Gasteiger partial charge in [-0.1, -0.05) is 0 Å². The molecule has 0 heterocycles. The van der Waals surface area contributed by atoms with Gasteiger partial charge in [0.15, 0.2) is 116 Å². The molecule has 8 rings (SSSR count). The van der Waals surface area contributed by atoms with E-state index in [1.54, 1.807) is 0 Å². The Balaban J connectivity index is 1.44. The topological polar surface area (TPSA) is 0 Å². The van der Waals surface area contributed by atoms with Crippen molar-refractivity contribution < 1.29 is 114 Å². The molecule has 0 aliphatic carbocycles. The zero-order valence-corrected chi connectivity index (χ0v) is 29.8. The second-order valence-electron chi connectivity index (χ2n) is 13.4. The van der Waals surface area contributed by atoms with Crippen LogP contribution in [0, 0.1) is 151 Å². The molecule has 8 aromatic rings. The fraction of sp³-hybridized carbons (Fsp3) is 0. The summed E-state index contributed by atoms with van der Waals surface area (Å²) in [4.78, 5) is 0. The van der Waals surface area contributed by atoms with Crippen LogP contribution >= 0.6 is 0 Å². The Morgan fingerprint density at radius 3 is 0.303 bits per heavy atom. The molecule has 0 amide bonds. The minimum Gasteiger partial charge on any atom is -0.205 e. The lowest BCUT2D eigenvalue weighted by molar-refractivity contribution is 0.412. The average molecular weight is 974 g/mol. The highest BCUT2D eigenvalue weighted by atomic mass is 19.2. The third-order valence-corrected chi connectivity index (χ3v) is 10.2. The summed E-state index contributed by atoms with van der Waals surface area (Å²) in [6, 6.07) is 0. The van der Waals surface area contributed by atoms with E-state index in [4.69, 9.17) is 0 Å². The van der Waals surface area contributed by atoms with Crippen molar-refractivity contribution in [2.45, 2.75) is 0 Å². The molecule has 0 aromatic heterocycles. The second-order valence-corrected chi connectivity index (χ2v) is 13.4. The molecular weight excluding hydrogens is 974 g/mol. The Kier molecular flexibility index (Phi) is 10.2. The largest absolute Gasteiger partial charge is 0.205 e. The first kappa shape index (κ1) is 45.5. The number of benzene rings is 8. The highest BCUT2D eigenvalue weighted by molar-refractivity contribution is 6.00. The minimum absolute atomic E-state index is 2.43. The van der Waals surface area contributed by atoms with Gasteiger partial charge < -0.3 is 0 Å². The van der Waals surface area contributed by atoms with Gasteiger partial charge in [0.05, 0.1) is 76.5 Å². The normalized spacial score (nSPS) is 12.1. The third-order valence-electron chi connectivity index (χ3n) is 10.2. The van der Waals surface area contributed by atoms with E-state index in [0.29, 0.717) is 0 Å². The first-order valence-electron chi connectivity index (χ1n) is 16.7. The Hall–Kier alpha value is -7.02. The Bertz CT molecular complexity index is 3410. The van der Waals surface area contributed by atoms with Crippen LogP contribution in [-0.4, -0.2) is 0 Å². The molecule has 8 aromatic carbocycles. The number of rotatable bonds is 3. The second kappa shape index (κ2) is 14.7. The number of halogens is 26. The molecule has 0 saturated heterocycles. The van der Waals surface area contributed by atoms with Crippen molar-refractivity contribution in [3.63, 3.8) is 0 Å². The van der Waals surface area contributed by atoms with Crippen LogP contribution in [0.3, 0.4) is 0 Å².